The summed E-state index contributed by atoms with van der Waals surface area (Å²) in [6.45, 7) is 6.08. The Morgan fingerprint density at radius 1 is 0.933 bits per heavy atom. The Balaban J connectivity index is 2.05. The Morgan fingerprint density at radius 2 is 1.57 bits per heavy atom. The number of aryl methyl sites for hydroxylation is 1. The summed E-state index contributed by atoms with van der Waals surface area (Å²) in [5, 5.41) is 2.69. The van der Waals surface area contributed by atoms with E-state index in [1.807, 2.05) is 0 Å². The van der Waals surface area contributed by atoms with Gasteiger partial charge >= 0.3 is 0 Å². The average molecular weight is 453 g/mol. The second-order valence-electron chi connectivity index (χ2n) is 6.81. The molecule has 0 saturated heterocycles. The van der Waals surface area contributed by atoms with Crippen molar-refractivity contribution in [3.8, 4) is 0 Å². The highest BCUT2D eigenvalue weighted by Gasteiger charge is 2.23. The minimum Gasteiger partial charge on any atom is -0.352 e. The molecule has 0 spiro atoms. The zero-order chi connectivity index (χ0) is 22.4. The van der Waals surface area contributed by atoms with Crippen LogP contribution >= 0.6 is 0 Å². The minimum absolute atomic E-state index is 0.0635. The molecule has 1 amide bonds. The standard InChI is InChI=1S/C21H28N2O5S2/c1-4-23(5-2)30(27,28)19-13-12-17(3)20(16-19)21(24)22-14-9-15-29(25,26)18-10-7-6-8-11-18/h6-8,10-13,16H,4-5,9,14-15H2,1-3H3,(H,22,24). The monoisotopic (exact) mass is 452 g/mol. The summed E-state index contributed by atoms with van der Waals surface area (Å²) < 4.78 is 51.3. The third kappa shape index (κ3) is 5.68. The Bertz CT molecular complexity index is 1080. The van der Waals surface area contributed by atoms with Gasteiger partial charge in [0.1, 0.15) is 0 Å². The summed E-state index contributed by atoms with van der Waals surface area (Å²) in [4.78, 5) is 12.9. The molecule has 2 aromatic rings. The summed E-state index contributed by atoms with van der Waals surface area (Å²) in [6.07, 6.45) is 0.249. The first-order chi connectivity index (χ1) is 14.1. The lowest BCUT2D eigenvalue weighted by Gasteiger charge is -2.19. The van der Waals surface area contributed by atoms with Crippen molar-refractivity contribution in [2.24, 2.45) is 0 Å². The summed E-state index contributed by atoms with van der Waals surface area (Å²) in [6, 6.07) is 12.6. The number of carbonyl (C=O) groups is 1. The molecular weight excluding hydrogens is 424 g/mol. The highest BCUT2D eigenvalue weighted by Crippen LogP contribution is 2.19. The van der Waals surface area contributed by atoms with Crippen LogP contribution < -0.4 is 5.32 Å². The van der Waals surface area contributed by atoms with Gasteiger partial charge in [0.2, 0.25) is 10.0 Å². The smallest absolute Gasteiger partial charge is 0.251 e. The summed E-state index contributed by atoms with van der Waals surface area (Å²) in [5.74, 6) is -0.520. The van der Waals surface area contributed by atoms with Crippen LogP contribution in [0.15, 0.2) is 58.3 Å². The summed E-state index contributed by atoms with van der Waals surface area (Å²) >= 11 is 0. The van der Waals surface area contributed by atoms with Crippen LogP contribution in [0.3, 0.4) is 0 Å². The van der Waals surface area contributed by atoms with Crippen molar-refractivity contribution in [2.45, 2.75) is 37.0 Å². The zero-order valence-electron chi connectivity index (χ0n) is 17.5. The molecule has 0 aliphatic carbocycles. The summed E-state index contributed by atoms with van der Waals surface area (Å²) in [5.41, 5.74) is 0.900. The molecule has 0 radical (unpaired) electrons. The topological polar surface area (TPSA) is 101 Å². The largest absolute Gasteiger partial charge is 0.352 e. The van der Waals surface area contributed by atoms with Crippen LogP contribution in [-0.4, -0.2) is 52.4 Å². The van der Waals surface area contributed by atoms with E-state index in [1.54, 1.807) is 57.2 Å². The van der Waals surface area contributed by atoms with E-state index in [0.717, 1.165) is 0 Å². The fraction of sp³-hybridized carbons (Fsp3) is 0.381. The van der Waals surface area contributed by atoms with E-state index in [4.69, 9.17) is 0 Å². The predicted molar refractivity (Wildman–Crippen MR) is 117 cm³/mol. The van der Waals surface area contributed by atoms with E-state index in [-0.39, 0.29) is 34.1 Å². The first-order valence-corrected chi connectivity index (χ1v) is 12.9. The van der Waals surface area contributed by atoms with Gasteiger partial charge < -0.3 is 5.32 Å². The van der Waals surface area contributed by atoms with Crippen LogP contribution in [-0.2, 0) is 19.9 Å². The van der Waals surface area contributed by atoms with E-state index >= 15 is 0 Å². The molecule has 7 nitrogen and oxygen atoms in total. The van der Waals surface area contributed by atoms with Crippen LogP contribution in [0.4, 0.5) is 0 Å². The second kappa shape index (κ2) is 10.2. The number of hydrogen-bond donors (Lipinski definition) is 1. The number of amides is 1. The molecule has 0 saturated carbocycles. The van der Waals surface area contributed by atoms with E-state index in [0.29, 0.717) is 18.7 Å². The van der Waals surface area contributed by atoms with Crippen LogP contribution in [0.5, 0.6) is 0 Å². The molecule has 0 heterocycles. The molecule has 1 N–H and O–H groups in total. The molecule has 164 valence electrons. The zero-order valence-corrected chi connectivity index (χ0v) is 19.1. The molecule has 9 heteroatoms. The lowest BCUT2D eigenvalue weighted by Crippen LogP contribution is -2.31. The number of sulfonamides is 1. The maximum Gasteiger partial charge on any atom is 0.251 e. The Hall–Kier alpha value is -2.23. The molecule has 0 unspecified atom stereocenters. The van der Waals surface area contributed by atoms with Gasteiger partial charge in [-0.2, -0.15) is 4.31 Å². The third-order valence-corrected chi connectivity index (χ3v) is 8.64. The Kier molecular flexibility index (Phi) is 8.17. The second-order valence-corrected chi connectivity index (χ2v) is 10.9. The van der Waals surface area contributed by atoms with E-state index in [2.05, 4.69) is 5.32 Å². The molecule has 2 aromatic carbocycles. The van der Waals surface area contributed by atoms with Gasteiger partial charge in [-0.1, -0.05) is 38.1 Å². The first-order valence-electron chi connectivity index (χ1n) is 9.80. The van der Waals surface area contributed by atoms with Gasteiger partial charge in [0.25, 0.3) is 5.91 Å². The van der Waals surface area contributed by atoms with Gasteiger partial charge in [-0.05, 0) is 43.2 Å². The van der Waals surface area contributed by atoms with Gasteiger partial charge in [0.05, 0.1) is 15.5 Å². The quantitative estimate of drug-likeness (QED) is 0.559. The van der Waals surface area contributed by atoms with Gasteiger partial charge in [-0.25, -0.2) is 16.8 Å². The van der Waals surface area contributed by atoms with Crippen LogP contribution in [0.2, 0.25) is 0 Å². The van der Waals surface area contributed by atoms with Gasteiger partial charge in [-0.15, -0.1) is 0 Å². The molecule has 0 atom stereocenters. The highest BCUT2D eigenvalue weighted by atomic mass is 32.2. The number of hydrogen-bond acceptors (Lipinski definition) is 5. The number of benzene rings is 2. The van der Waals surface area contributed by atoms with E-state index in [9.17, 15) is 21.6 Å². The van der Waals surface area contributed by atoms with Crippen LogP contribution in [0, 0.1) is 6.92 Å². The molecule has 30 heavy (non-hydrogen) atoms. The normalized spacial score (nSPS) is 12.1. The van der Waals surface area contributed by atoms with Crippen molar-refractivity contribution in [2.75, 3.05) is 25.4 Å². The van der Waals surface area contributed by atoms with Crippen molar-refractivity contribution in [3.63, 3.8) is 0 Å². The van der Waals surface area contributed by atoms with Crippen LogP contribution in [0.25, 0.3) is 0 Å². The maximum atomic E-state index is 12.7. The summed E-state index contributed by atoms with van der Waals surface area (Å²) in [7, 11) is -7.08. The van der Waals surface area contributed by atoms with Gasteiger partial charge in [-0.3, -0.25) is 4.79 Å². The van der Waals surface area contributed by atoms with E-state index < -0.39 is 25.8 Å². The SMILES string of the molecule is CCN(CC)S(=O)(=O)c1ccc(C)c(C(=O)NCCCS(=O)(=O)c2ccccc2)c1. The lowest BCUT2D eigenvalue weighted by molar-refractivity contribution is 0.0953. The fourth-order valence-corrected chi connectivity index (χ4v) is 5.84. The lowest BCUT2D eigenvalue weighted by atomic mass is 10.1. The van der Waals surface area contributed by atoms with E-state index in [1.165, 1.54) is 16.4 Å². The number of nitrogens with one attached hydrogen (secondary N) is 1. The molecule has 0 aliphatic rings. The number of rotatable bonds is 10. The third-order valence-electron chi connectivity index (χ3n) is 4.77. The van der Waals surface area contributed by atoms with Crippen molar-refractivity contribution < 1.29 is 21.6 Å². The molecule has 0 aromatic heterocycles. The van der Waals surface area contributed by atoms with Crippen molar-refractivity contribution >= 4 is 25.8 Å². The Labute approximate surface area is 179 Å². The number of nitrogens with zero attached hydrogens (tertiary/aromatic N) is 1. The van der Waals surface area contributed by atoms with Crippen LogP contribution in [0.1, 0.15) is 36.2 Å². The predicted octanol–water partition coefficient (Wildman–Crippen LogP) is 2.62. The fourth-order valence-electron chi connectivity index (χ4n) is 3.02. The molecule has 2 rings (SSSR count). The molecule has 0 bridgehead atoms. The van der Waals surface area contributed by atoms with Crippen molar-refractivity contribution in [1.29, 1.82) is 0 Å². The minimum atomic E-state index is -3.68. The Morgan fingerprint density at radius 3 is 2.17 bits per heavy atom. The van der Waals surface area contributed by atoms with Gasteiger partial charge in [0.15, 0.2) is 9.84 Å². The average Bonchev–Trinajstić information content (AvgIpc) is 2.72. The first kappa shape index (κ1) is 24.0. The highest BCUT2D eigenvalue weighted by molar-refractivity contribution is 7.91. The maximum absolute atomic E-state index is 12.7. The van der Waals surface area contributed by atoms with Crippen molar-refractivity contribution in [1.82, 2.24) is 9.62 Å². The molecular formula is C21H28N2O5S2. The molecule has 0 aliphatic heterocycles. The van der Waals surface area contributed by atoms with Gasteiger partial charge in [0, 0.05) is 25.2 Å². The van der Waals surface area contributed by atoms with Crippen molar-refractivity contribution in [3.05, 3.63) is 59.7 Å². The number of carbonyl (C=O) groups excluding carboxylic acids is 1. The number of sulfone groups is 1. The molecule has 0 fully saturated rings.